The molecule has 2 atom stereocenters. The van der Waals surface area contributed by atoms with E-state index in [1.807, 2.05) is 13.0 Å². The van der Waals surface area contributed by atoms with Crippen LogP contribution in [0.2, 0.25) is 0 Å². The van der Waals surface area contributed by atoms with E-state index in [1.165, 1.54) is 12.1 Å². The second-order valence-electron chi connectivity index (χ2n) is 8.16. The van der Waals surface area contributed by atoms with Gasteiger partial charge in [-0.2, -0.15) is 0 Å². The zero-order valence-electron chi connectivity index (χ0n) is 20.2. The number of methoxy groups -OCH3 is 1. The van der Waals surface area contributed by atoms with Gasteiger partial charge in [0.1, 0.15) is 12.1 Å². The first-order valence-electron chi connectivity index (χ1n) is 11.7. The molecule has 1 amide bonds. The SMILES string of the molecule is CCN(CC)CCCC(C)NC(N)NC(=O)c1cccc(F)c1CCc1cc#cc(OC)c1. The molecule has 2 unspecified atom stereocenters. The second kappa shape index (κ2) is 13.8. The minimum atomic E-state index is -0.722. The maximum absolute atomic E-state index is 14.6. The van der Waals surface area contributed by atoms with E-state index in [0.717, 1.165) is 38.0 Å². The molecule has 2 aromatic rings. The molecule has 6 nitrogen and oxygen atoms in total. The lowest BCUT2D eigenvalue weighted by molar-refractivity contribution is 0.0926. The third-order valence-electron chi connectivity index (χ3n) is 5.77. The zero-order chi connectivity index (χ0) is 24.2. The van der Waals surface area contributed by atoms with Crippen LogP contribution in [0.1, 0.15) is 55.1 Å². The molecule has 0 aliphatic heterocycles. The maximum Gasteiger partial charge on any atom is 0.253 e. The summed E-state index contributed by atoms with van der Waals surface area (Å²) in [4.78, 5) is 15.2. The van der Waals surface area contributed by atoms with Crippen molar-refractivity contribution in [3.63, 3.8) is 0 Å². The van der Waals surface area contributed by atoms with E-state index in [9.17, 15) is 9.18 Å². The highest BCUT2D eigenvalue weighted by Crippen LogP contribution is 2.18. The van der Waals surface area contributed by atoms with E-state index < -0.39 is 18.0 Å². The van der Waals surface area contributed by atoms with Gasteiger partial charge in [-0.25, -0.2) is 4.39 Å². The van der Waals surface area contributed by atoms with Gasteiger partial charge in [-0.3, -0.25) is 15.8 Å². The van der Waals surface area contributed by atoms with E-state index in [4.69, 9.17) is 10.5 Å². The number of carbonyl (C=O) groups excluding carboxylic acids is 1. The largest absolute Gasteiger partial charge is 0.489 e. The number of hydrogen-bond acceptors (Lipinski definition) is 5. The van der Waals surface area contributed by atoms with Crippen molar-refractivity contribution in [2.45, 2.75) is 58.8 Å². The number of rotatable bonds is 14. The van der Waals surface area contributed by atoms with E-state index >= 15 is 0 Å². The Kier molecular flexibility index (Phi) is 11.1. The molecule has 0 aliphatic carbocycles. The van der Waals surface area contributed by atoms with Crippen LogP contribution in [0.25, 0.3) is 0 Å². The average molecular weight is 457 g/mol. The van der Waals surface area contributed by atoms with Gasteiger partial charge < -0.3 is 15.0 Å². The van der Waals surface area contributed by atoms with Crippen LogP contribution >= 0.6 is 0 Å². The molecule has 2 rings (SSSR count). The lowest BCUT2D eigenvalue weighted by Crippen LogP contribution is -2.54. The lowest BCUT2D eigenvalue weighted by atomic mass is 9.99. The first kappa shape index (κ1) is 26.6. The van der Waals surface area contributed by atoms with Crippen LogP contribution in [0, 0.1) is 17.9 Å². The molecule has 0 saturated carbocycles. The van der Waals surface area contributed by atoms with Gasteiger partial charge >= 0.3 is 0 Å². The van der Waals surface area contributed by atoms with Gasteiger partial charge in [0.05, 0.1) is 7.11 Å². The first-order valence-corrected chi connectivity index (χ1v) is 11.7. The van der Waals surface area contributed by atoms with E-state index in [-0.39, 0.29) is 6.04 Å². The highest BCUT2D eigenvalue weighted by molar-refractivity contribution is 5.95. The maximum atomic E-state index is 14.6. The third-order valence-corrected chi connectivity index (χ3v) is 5.77. The molecule has 0 fully saturated rings. The van der Waals surface area contributed by atoms with E-state index in [1.54, 1.807) is 19.2 Å². The quantitative estimate of drug-likeness (QED) is 0.380. The van der Waals surface area contributed by atoms with Crippen molar-refractivity contribution in [2.75, 3.05) is 26.7 Å². The summed E-state index contributed by atoms with van der Waals surface area (Å²) >= 11 is 0. The minimum absolute atomic E-state index is 0.143. The molecule has 7 heteroatoms. The Balaban J connectivity index is 1.93. The van der Waals surface area contributed by atoms with Crippen molar-refractivity contribution in [2.24, 2.45) is 5.73 Å². The summed E-state index contributed by atoms with van der Waals surface area (Å²) in [5.41, 5.74) is 7.69. The fraction of sp³-hybridized carbons (Fsp3) is 0.500. The van der Waals surface area contributed by atoms with Gasteiger partial charge in [0.25, 0.3) is 5.91 Å². The molecule has 0 heterocycles. The van der Waals surface area contributed by atoms with E-state index in [0.29, 0.717) is 29.7 Å². The molecule has 0 aliphatic rings. The highest BCUT2D eigenvalue weighted by Gasteiger charge is 2.18. The summed E-state index contributed by atoms with van der Waals surface area (Å²) in [5, 5.41) is 5.96. The van der Waals surface area contributed by atoms with Crippen molar-refractivity contribution in [3.8, 4) is 5.75 Å². The van der Waals surface area contributed by atoms with Crippen molar-refractivity contribution in [1.29, 1.82) is 0 Å². The van der Waals surface area contributed by atoms with Gasteiger partial charge in [0.15, 0.2) is 5.75 Å². The fourth-order valence-electron chi connectivity index (χ4n) is 3.81. The number of halogens is 1. The summed E-state index contributed by atoms with van der Waals surface area (Å²) in [5.74, 6) is -0.236. The van der Waals surface area contributed by atoms with Gasteiger partial charge in [-0.1, -0.05) is 26.0 Å². The monoisotopic (exact) mass is 456 g/mol. The van der Waals surface area contributed by atoms with Gasteiger partial charge in [-0.05, 0) is 88.1 Å². The van der Waals surface area contributed by atoms with E-state index in [2.05, 4.69) is 41.5 Å². The zero-order valence-corrected chi connectivity index (χ0v) is 20.2. The van der Waals surface area contributed by atoms with Gasteiger partial charge in [-0.15, -0.1) is 0 Å². The van der Waals surface area contributed by atoms with Crippen LogP contribution in [0.15, 0.2) is 30.3 Å². The predicted octanol–water partition coefficient (Wildman–Crippen LogP) is 3.29. The molecule has 0 saturated heterocycles. The summed E-state index contributed by atoms with van der Waals surface area (Å²) in [6, 6.07) is 14.0. The number of nitrogens with two attached hydrogens (primary N) is 1. The standard InChI is InChI=1S/C26H37FN4O2/c1-5-31(6-2)17-9-10-19(3)29-26(28)30-25(32)23-13-8-14-24(27)22(23)16-15-20-11-7-12-21(18-20)33-4/h8,11,13-14,18-19,26,29H,5-6,9-10,15-17,28H2,1-4H3,(H,30,32). The molecule has 33 heavy (non-hydrogen) atoms. The topological polar surface area (TPSA) is 79.6 Å². The number of carbonyl (C=O) groups is 1. The molecule has 180 valence electrons. The number of benzene rings is 1. The number of ether oxygens (including phenoxy) is 1. The first-order chi connectivity index (χ1) is 15.9. The Morgan fingerprint density at radius 2 is 2.03 bits per heavy atom. The predicted molar refractivity (Wildman–Crippen MR) is 130 cm³/mol. The van der Waals surface area contributed by atoms with Crippen LogP contribution < -0.4 is 21.1 Å². The number of hydrogen-bond donors (Lipinski definition) is 3. The van der Waals surface area contributed by atoms with Gasteiger partial charge in [0, 0.05) is 17.2 Å². The van der Waals surface area contributed by atoms with Crippen LogP contribution in [0.4, 0.5) is 4.39 Å². The van der Waals surface area contributed by atoms with Crippen molar-refractivity contribution in [3.05, 3.63) is 65.0 Å². The van der Waals surface area contributed by atoms with Crippen molar-refractivity contribution < 1.29 is 13.9 Å². The minimum Gasteiger partial charge on any atom is -0.489 e. The number of aryl methyl sites for hydroxylation is 1. The van der Waals surface area contributed by atoms with Crippen LogP contribution in [-0.2, 0) is 12.8 Å². The Morgan fingerprint density at radius 1 is 1.27 bits per heavy atom. The molecular weight excluding hydrogens is 419 g/mol. The van der Waals surface area contributed by atoms with Crippen molar-refractivity contribution >= 4 is 5.91 Å². The molecule has 0 aromatic heterocycles. The number of nitrogens with one attached hydrogen (secondary N) is 2. The number of nitrogens with zero attached hydrogens (tertiary/aromatic N) is 1. The molecule has 2 aromatic carbocycles. The molecule has 0 bridgehead atoms. The highest BCUT2D eigenvalue weighted by atomic mass is 19.1. The Labute approximate surface area is 197 Å². The van der Waals surface area contributed by atoms with Crippen molar-refractivity contribution in [1.82, 2.24) is 15.5 Å². The Morgan fingerprint density at radius 3 is 2.73 bits per heavy atom. The third kappa shape index (κ3) is 8.65. The lowest BCUT2D eigenvalue weighted by Gasteiger charge is -2.23. The number of amides is 1. The molecule has 0 radical (unpaired) electrons. The summed E-state index contributed by atoms with van der Waals surface area (Å²) < 4.78 is 19.8. The Bertz CT molecular complexity index is 873. The summed E-state index contributed by atoms with van der Waals surface area (Å²) in [6.07, 6.45) is 2.17. The molecule has 4 N–H and O–H groups in total. The smallest absolute Gasteiger partial charge is 0.253 e. The summed E-state index contributed by atoms with van der Waals surface area (Å²) in [6.45, 7) is 9.48. The normalized spacial score (nSPS) is 12.8. The summed E-state index contributed by atoms with van der Waals surface area (Å²) in [7, 11) is 1.56. The van der Waals surface area contributed by atoms with Gasteiger partial charge in [0.2, 0.25) is 0 Å². The molecule has 0 spiro atoms. The second-order valence-corrected chi connectivity index (χ2v) is 8.16. The average Bonchev–Trinajstić information content (AvgIpc) is 2.80. The molecular formula is C26H37FN4O2. The van der Waals surface area contributed by atoms with Crippen LogP contribution in [0.3, 0.4) is 0 Å². The Hall–Kier alpha value is -2.66. The fourth-order valence-corrected chi connectivity index (χ4v) is 3.81. The van der Waals surface area contributed by atoms with Crippen LogP contribution in [0.5, 0.6) is 5.75 Å². The van der Waals surface area contributed by atoms with Crippen LogP contribution in [-0.4, -0.2) is 49.9 Å².